The fraction of sp³-hybridized carbons (Fsp3) is 0.929. The fourth-order valence-electron chi connectivity index (χ4n) is 2.19. The van der Waals surface area contributed by atoms with Crippen molar-refractivity contribution in [2.75, 3.05) is 6.54 Å². The minimum absolute atomic E-state index is 0.0305. The molecule has 0 spiro atoms. The third kappa shape index (κ3) is 3.01. The zero-order chi connectivity index (χ0) is 13.2. The first kappa shape index (κ1) is 14.5. The van der Waals surface area contributed by atoms with Gasteiger partial charge in [0.05, 0.1) is 12.2 Å². The van der Waals surface area contributed by atoms with Gasteiger partial charge in [0.25, 0.3) is 0 Å². The molecule has 0 aliphatic carbocycles. The molecule has 1 aliphatic heterocycles. The Kier molecular flexibility index (Phi) is 4.59. The van der Waals surface area contributed by atoms with Gasteiger partial charge >= 0.3 is 0 Å². The van der Waals surface area contributed by atoms with Crippen LogP contribution in [0.2, 0.25) is 0 Å². The molecule has 1 fully saturated rings. The zero-order valence-electron chi connectivity index (χ0n) is 12.2. The lowest BCUT2D eigenvalue weighted by molar-refractivity contribution is -0.131. The summed E-state index contributed by atoms with van der Waals surface area (Å²) in [5.41, 5.74) is 0.174. The van der Waals surface area contributed by atoms with Crippen LogP contribution in [0.15, 0.2) is 0 Å². The first-order valence-electron chi connectivity index (χ1n) is 6.90. The van der Waals surface area contributed by atoms with Crippen LogP contribution in [-0.4, -0.2) is 29.6 Å². The van der Waals surface area contributed by atoms with Crippen LogP contribution >= 0.6 is 0 Å². The smallest absolute Gasteiger partial charge is 0.241 e. The minimum Gasteiger partial charge on any atom is -0.325 e. The van der Waals surface area contributed by atoms with Crippen LogP contribution in [-0.2, 0) is 4.79 Å². The molecule has 0 radical (unpaired) electrons. The summed E-state index contributed by atoms with van der Waals surface area (Å²) in [5, 5.41) is 3.43. The summed E-state index contributed by atoms with van der Waals surface area (Å²) < 4.78 is 0. The molecule has 0 aromatic carbocycles. The van der Waals surface area contributed by atoms with Crippen molar-refractivity contribution in [3.05, 3.63) is 0 Å². The summed E-state index contributed by atoms with van der Waals surface area (Å²) >= 11 is 0. The number of amides is 1. The van der Waals surface area contributed by atoms with Crippen molar-refractivity contribution >= 4 is 5.91 Å². The Morgan fingerprint density at radius 3 is 2.29 bits per heavy atom. The van der Waals surface area contributed by atoms with E-state index in [1.54, 1.807) is 0 Å². The molecule has 1 aliphatic rings. The molecule has 1 amide bonds. The van der Waals surface area contributed by atoms with Gasteiger partial charge in [0.2, 0.25) is 5.91 Å². The van der Waals surface area contributed by atoms with Crippen LogP contribution in [0.1, 0.15) is 54.4 Å². The van der Waals surface area contributed by atoms with Crippen molar-refractivity contribution in [2.45, 2.75) is 66.6 Å². The molecule has 1 N–H and O–H groups in total. The van der Waals surface area contributed by atoms with E-state index < -0.39 is 0 Å². The van der Waals surface area contributed by atoms with Gasteiger partial charge in [-0.15, -0.1) is 0 Å². The van der Waals surface area contributed by atoms with Crippen molar-refractivity contribution in [1.82, 2.24) is 10.2 Å². The van der Waals surface area contributed by atoms with Crippen LogP contribution in [0.25, 0.3) is 0 Å². The lowest BCUT2D eigenvalue weighted by Gasteiger charge is -2.36. The van der Waals surface area contributed by atoms with Gasteiger partial charge in [0.15, 0.2) is 0 Å². The van der Waals surface area contributed by atoms with E-state index >= 15 is 0 Å². The number of carbonyl (C=O) groups is 1. The largest absolute Gasteiger partial charge is 0.325 e. The average Bonchev–Trinajstić information content (AvgIpc) is 2.55. The topological polar surface area (TPSA) is 32.3 Å². The van der Waals surface area contributed by atoms with Gasteiger partial charge in [-0.3, -0.25) is 10.1 Å². The predicted octanol–water partition coefficient (Wildman–Crippen LogP) is 2.62. The normalized spacial score (nSPS) is 26.1. The van der Waals surface area contributed by atoms with E-state index in [0.29, 0.717) is 5.92 Å². The molecule has 2 unspecified atom stereocenters. The maximum Gasteiger partial charge on any atom is 0.241 e. The molecule has 0 saturated carbocycles. The van der Waals surface area contributed by atoms with Gasteiger partial charge in [0.1, 0.15) is 0 Å². The zero-order valence-corrected chi connectivity index (χ0v) is 12.2. The van der Waals surface area contributed by atoms with E-state index in [-0.39, 0.29) is 23.5 Å². The highest BCUT2D eigenvalue weighted by Crippen LogP contribution is 2.30. The highest BCUT2D eigenvalue weighted by atomic mass is 16.2. The quantitative estimate of drug-likeness (QED) is 0.801. The van der Waals surface area contributed by atoms with E-state index in [1.807, 2.05) is 4.90 Å². The van der Waals surface area contributed by atoms with Crippen LogP contribution in [0, 0.1) is 11.3 Å². The molecule has 2 atom stereocenters. The Hall–Kier alpha value is -0.570. The molecular formula is C14H28N2O. The molecule has 17 heavy (non-hydrogen) atoms. The Labute approximate surface area is 106 Å². The van der Waals surface area contributed by atoms with Crippen molar-refractivity contribution in [3.8, 4) is 0 Å². The second-order valence-corrected chi connectivity index (χ2v) is 6.16. The van der Waals surface area contributed by atoms with Crippen molar-refractivity contribution < 1.29 is 4.79 Å². The van der Waals surface area contributed by atoms with Crippen LogP contribution in [0.5, 0.6) is 0 Å². The lowest BCUT2D eigenvalue weighted by Crippen LogP contribution is -2.44. The summed E-state index contributed by atoms with van der Waals surface area (Å²) in [6.45, 7) is 14.0. The van der Waals surface area contributed by atoms with Gasteiger partial charge in [-0.25, -0.2) is 0 Å². The summed E-state index contributed by atoms with van der Waals surface area (Å²) in [6.07, 6.45) is 2.09. The maximum atomic E-state index is 12.3. The summed E-state index contributed by atoms with van der Waals surface area (Å²) in [5.74, 6) is 0.863. The maximum absolute atomic E-state index is 12.3. The Morgan fingerprint density at radius 2 is 1.88 bits per heavy atom. The number of rotatable bonds is 5. The van der Waals surface area contributed by atoms with E-state index in [4.69, 9.17) is 0 Å². The summed E-state index contributed by atoms with van der Waals surface area (Å²) in [4.78, 5) is 14.3. The average molecular weight is 240 g/mol. The van der Waals surface area contributed by atoms with Crippen molar-refractivity contribution in [3.63, 3.8) is 0 Å². The van der Waals surface area contributed by atoms with Crippen LogP contribution < -0.4 is 5.32 Å². The van der Waals surface area contributed by atoms with E-state index in [9.17, 15) is 4.79 Å². The first-order valence-corrected chi connectivity index (χ1v) is 6.90. The van der Waals surface area contributed by atoms with E-state index in [2.05, 4.69) is 46.9 Å². The molecule has 3 heteroatoms. The van der Waals surface area contributed by atoms with Gasteiger partial charge in [-0.2, -0.15) is 0 Å². The van der Waals surface area contributed by atoms with Crippen LogP contribution in [0.4, 0.5) is 0 Å². The number of hydrogen-bond donors (Lipinski definition) is 1. The van der Waals surface area contributed by atoms with Gasteiger partial charge < -0.3 is 4.90 Å². The Bertz CT molecular complexity index is 273. The van der Waals surface area contributed by atoms with Gasteiger partial charge in [-0.1, -0.05) is 41.5 Å². The summed E-state index contributed by atoms with van der Waals surface area (Å²) in [6, 6.07) is 0.0305. The molecule has 1 heterocycles. The monoisotopic (exact) mass is 240 g/mol. The first-order chi connectivity index (χ1) is 7.83. The van der Waals surface area contributed by atoms with E-state index in [0.717, 1.165) is 19.4 Å². The molecule has 1 rings (SSSR count). The third-order valence-electron chi connectivity index (χ3n) is 4.29. The van der Waals surface area contributed by atoms with E-state index in [1.165, 1.54) is 0 Å². The number of nitrogens with one attached hydrogen (secondary N) is 1. The Morgan fingerprint density at radius 1 is 1.29 bits per heavy atom. The molecule has 0 bridgehead atoms. The minimum atomic E-state index is 0.0305. The lowest BCUT2D eigenvalue weighted by atomic mass is 9.80. The SMILES string of the molecule is CCC1NC(CC)N(CC(C)(C)C(C)C)C1=O. The molecular weight excluding hydrogens is 212 g/mol. The van der Waals surface area contributed by atoms with Crippen molar-refractivity contribution in [1.29, 1.82) is 0 Å². The van der Waals surface area contributed by atoms with Crippen molar-refractivity contribution in [2.24, 2.45) is 11.3 Å². The highest BCUT2D eigenvalue weighted by Gasteiger charge is 2.39. The highest BCUT2D eigenvalue weighted by molar-refractivity contribution is 5.84. The molecule has 0 aromatic heterocycles. The second kappa shape index (κ2) is 5.38. The second-order valence-electron chi connectivity index (χ2n) is 6.16. The molecule has 3 nitrogen and oxygen atoms in total. The number of nitrogens with zero attached hydrogens (tertiary/aromatic N) is 1. The predicted molar refractivity (Wildman–Crippen MR) is 71.6 cm³/mol. The fourth-order valence-corrected chi connectivity index (χ4v) is 2.19. The Balaban J connectivity index is 2.78. The number of carbonyl (C=O) groups excluding carboxylic acids is 1. The number of hydrogen-bond acceptors (Lipinski definition) is 2. The molecule has 0 aromatic rings. The third-order valence-corrected chi connectivity index (χ3v) is 4.29. The summed E-state index contributed by atoms with van der Waals surface area (Å²) in [7, 11) is 0. The molecule has 100 valence electrons. The van der Waals surface area contributed by atoms with Crippen LogP contribution in [0.3, 0.4) is 0 Å². The van der Waals surface area contributed by atoms with Gasteiger partial charge in [0, 0.05) is 6.54 Å². The van der Waals surface area contributed by atoms with Gasteiger partial charge in [-0.05, 0) is 24.2 Å². The molecule has 1 saturated heterocycles. The standard InChI is InChI=1S/C14H28N2O/c1-7-11-13(17)16(12(8-2)15-11)9-14(5,6)10(3)4/h10-12,15H,7-9H2,1-6H3.